The molecule has 0 bridgehead atoms. The molecular formula is C24H34N8O4. The summed E-state index contributed by atoms with van der Waals surface area (Å²) in [6.45, 7) is 9.33. The zero-order valence-corrected chi connectivity index (χ0v) is 21.5. The normalized spacial score (nSPS) is 18.3. The van der Waals surface area contributed by atoms with Crippen LogP contribution in [0.3, 0.4) is 0 Å². The average Bonchev–Trinajstić information content (AvgIpc) is 2.82. The molecule has 4 heterocycles. The molecule has 194 valence electrons. The zero-order chi connectivity index (χ0) is 26.0. The van der Waals surface area contributed by atoms with E-state index in [1.807, 2.05) is 41.1 Å². The Labute approximate surface area is 210 Å². The van der Waals surface area contributed by atoms with E-state index in [0.717, 1.165) is 17.8 Å². The number of hydrogen-bond donors (Lipinski definition) is 1. The minimum absolute atomic E-state index is 0.0618. The van der Waals surface area contributed by atoms with Gasteiger partial charge in [-0.15, -0.1) is 0 Å². The third-order valence-corrected chi connectivity index (χ3v) is 6.06. The molecule has 2 aliphatic rings. The van der Waals surface area contributed by atoms with Crippen LogP contribution in [0, 0.1) is 0 Å². The van der Waals surface area contributed by atoms with Crippen LogP contribution in [0.2, 0.25) is 0 Å². The molecule has 0 radical (unpaired) electrons. The summed E-state index contributed by atoms with van der Waals surface area (Å²) in [5.41, 5.74) is 1.42. The fraction of sp³-hybridized carbons (Fsp3) is 0.583. The van der Waals surface area contributed by atoms with Gasteiger partial charge in [0.2, 0.25) is 11.9 Å². The molecule has 12 heteroatoms. The summed E-state index contributed by atoms with van der Waals surface area (Å²) in [5.74, 6) is 0.139. The Kier molecular flexibility index (Phi) is 7.25. The summed E-state index contributed by atoms with van der Waals surface area (Å²) in [6, 6.07) is 0.0618. The van der Waals surface area contributed by atoms with Gasteiger partial charge in [-0.1, -0.05) is 0 Å². The van der Waals surface area contributed by atoms with Crippen molar-refractivity contribution in [2.75, 3.05) is 56.6 Å². The van der Waals surface area contributed by atoms with E-state index in [1.165, 1.54) is 12.4 Å². The summed E-state index contributed by atoms with van der Waals surface area (Å²) >= 11 is 0. The van der Waals surface area contributed by atoms with Crippen molar-refractivity contribution in [1.82, 2.24) is 29.7 Å². The fourth-order valence-corrected chi connectivity index (χ4v) is 4.40. The average molecular weight is 499 g/mol. The maximum atomic E-state index is 12.5. The number of fused-ring (bicyclic) bond motifs is 1. The minimum Gasteiger partial charge on any atom is -0.478 e. The number of ether oxygens (including phenoxy) is 1. The molecule has 2 aliphatic heterocycles. The molecule has 0 saturated carbocycles. The van der Waals surface area contributed by atoms with Crippen molar-refractivity contribution in [1.29, 1.82) is 0 Å². The molecule has 1 N–H and O–H groups in total. The Morgan fingerprint density at radius 1 is 1.08 bits per heavy atom. The van der Waals surface area contributed by atoms with Crippen LogP contribution in [0.5, 0.6) is 0 Å². The van der Waals surface area contributed by atoms with Crippen molar-refractivity contribution >= 4 is 24.0 Å². The SMILES string of the molecule is CN(C)C[C@H]1CN(c2ncc3c(n2)CCN(C(=O)OC(C)(C)C)C3)CCN1c1ncc(C(=O)O)cn1. The lowest BCUT2D eigenvalue weighted by atomic mass is 10.1. The van der Waals surface area contributed by atoms with Crippen LogP contribution in [0.4, 0.5) is 16.7 Å². The highest BCUT2D eigenvalue weighted by molar-refractivity contribution is 5.86. The molecule has 0 spiro atoms. The van der Waals surface area contributed by atoms with E-state index in [-0.39, 0.29) is 17.7 Å². The van der Waals surface area contributed by atoms with Crippen LogP contribution in [0.1, 0.15) is 42.4 Å². The van der Waals surface area contributed by atoms with E-state index in [4.69, 9.17) is 14.8 Å². The fourth-order valence-electron chi connectivity index (χ4n) is 4.40. The zero-order valence-electron chi connectivity index (χ0n) is 21.5. The van der Waals surface area contributed by atoms with Crippen molar-refractivity contribution in [3.8, 4) is 0 Å². The van der Waals surface area contributed by atoms with E-state index in [9.17, 15) is 9.59 Å². The first kappa shape index (κ1) is 25.5. The molecule has 36 heavy (non-hydrogen) atoms. The van der Waals surface area contributed by atoms with Gasteiger partial charge in [0, 0.05) is 63.3 Å². The molecule has 2 aromatic heterocycles. The summed E-state index contributed by atoms with van der Waals surface area (Å²) in [4.78, 5) is 49.8. The van der Waals surface area contributed by atoms with Crippen LogP contribution in [0.15, 0.2) is 18.6 Å². The number of anilines is 2. The molecule has 1 amide bonds. The lowest BCUT2D eigenvalue weighted by Gasteiger charge is -2.42. The van der Waals surface area contributed by atoms with Gasteiger partial charge < -0.3 is 29.4 Å². The van der Waals surface area contributed by atoms with Crippen molar-refractivity contribution in [2.45, 2.75) is 45.4 Å². The predicted molar refractivity (Wildman–Crippen MR) is 133 cm³/mol. The molecule has 1 fully saturated rings. The Bertz CT molecular complexity index is 1100. The highest BCUT2D eigenvalue weighted by Gasteiger charge is 2.32. The van der Waals surface area contributed by atoms with Crippen LogP contribution >= 0.6 is 0 Å². The van der Waals surface area contributed by atoms with Gasteiger partial charge in [-0.25, -0.2) is 29.5 Å². The molecule has 12 nitrogen and oxygen atoms in total. The van der Waals surface area contributed by atoms with Crippen LogP contribution in [-0.4, -0.2) is 105 Å². The standard InChI is InChI=1S/C24H34N8O4/c1-24(2,3)36-23(35)31-7-6-19-17(13-31)12-27-22(28-19)30-8-9-32(18(15-30)14-29(4)5)21-25-10-16(11-26-21)20(33)34/h10-12,18H,6-9,13-15H2,1-5H3,(H,33,34)/t18-/m0/s1. The first-order chi connectivity index (χ1) is 17.0. The van der Waals surface area contributed by atoms with Gasteiger partial charge in [0.1, 0.15) is 5.60 Å². The summed E-state index contributed by atoms with van der Waals surface area (Å²) in [7, 11) is 4.02. The van der Waals surface area contributed by atoms with Crippen LogP contribution < -0.4 is 9.80 Å². The number of aromatic nitrogens is 4. The molecule has 0 aliphatic carbocycles. The maximum Gasteiger partial charge on any atom is 0.410 e. The number of likely N-dealkylation sites (N-methyl/N-ethyl adjacent to an activating group) is 1. The Hall–Kier alpha value is -3.54. The summed E-state index contributed by atoms with van der Waals surface area (Å²) in [5, 5.41) is 9.14. The van der Waals surface area contributed by atoms with E-state index in [2.05, 4.69) is 29.7 Å². The first-order valence-corrected chi connectivity index (χ1v) is 12.0. The first-order valence-electron chi connectivity index (χ1n) is 12.0. The summed E-state index contributed by atoms with van der Waals surface area (Å²) in [6.07, 6.45) is 4.83. The number of carbonyl (C=O) groups excluding carboxylic acids is 1. The van der Waals surface area contributed by atoms with Crippen molar-refractivity contribution in [3.63, 3.8) is 0 Å². The Morgan fingerprint density at radius 3 is 2.42 bits per heavy atom. The van der Waals surface area contributed by atoms with Crippen molar-refractivity contribution < 1.29 is 19.4 Å². The number of amides is 1. The predicted octanol–water partition coefficient (Wildman–Crippen LogP) is 1.51. The molecule has 0 aromatic carbocycles. The van der Waals surface area contributed by atoms with E-state index < -0.39 is 11.6 Å². The molecule has 1 saturated heterocycles. The van der Waals surface area contributed by atoms with Crippen LogP contribution in [0.25, 0.3) is 0 Å². The van der Waals surface area contributed by atoms with Crippen LogP contribution in [-0.2, 0) is 17.7 Å². The van der Waals surface area contributed by atoms with Crippen molar-refractivity contribution in [2.24, 2.45) is 0 Å². The smallest absolute Gasteiger partial charge is 0.410 e. The quantitative estimate of drug-likeness (QED) is 0.644. The third-order valence-electron chi connectivity index (χ3n) is 6.06. The molecule has 4 rings (SSSR count). The number of rotatable bonds is 5. The molecule has 1 atom stereocenters. The highest BCUT2D eigenvalue weighted by atomic mass is 16.6. The molecule has 2 aromatic rings. The van der Waals surface area contributed by atoms with E-state index in [0.29, 0.717) is 51.0 Å². The van der Waals surface area contributed by atoms with Crippen molar-refractivity contribution in [3.05, 3.63) is 35.4 Å². The van der Waals surface area contributed by atoms with Gasteiger partial charge >= 0.3 is 12.1 Å². The number of aromatic carboxylic acids is 1. The third kappa shape index (κ3) is 5.99. The second-order valence-electron chi connectivity index (χ2n) is 10.4. The van der Waals surface area contributed by atoms with Gasteiger partial charge in [-0.05, 0) is 34.9 Å². The van der Waals surface area contributed by atoms with Gasteiger partial charge in [0.05, 0.1) is 23.8 Å². The molecule has 0 unspecified atom stereocenters. The lowest BCUT2D eigenvalue weighted by Crippen LogP contribution is -2.57. The number of piperazine rings is 1. The maximum absolute atomic E-state index is 12.5. The van der Waals surface area contributed by atoms with Gasteiger partial charge in [-0.3, -0.25) is 0 Å². The second-order valence-corrected chi connectivity index (χ2v) is 10.4. The minimum atomic E-state index is -1.05. The number of hydrogen-bond acceptors (Lipinski definition) is 10. The van der Waals surface area contributed by atoms with Gasteiger partial charge in [-0.2, -0.15) is 0 Å². The number of carbonyl (C=O) groups is 2. The van der Waals surface area contributed by atoms with E-state index in [1.54, 1.807) is 4.90 Å². The topological polar surface area (TPSA) is 128 Å². The molecular weight excluding hydrogens is 464 g/mol. The number of carboxylic acid groups (broad SMARTS) is 1. The second kappa shape index (κ2) is 10.2. The van der Waals surface area contributed by atoms with E-state index >= 15 is 0 Å². The monoisotopic (exact) mass is 498 g/mol. The lowest BCUT2D eigenvalue weighted by molar-refractivity contribution is 0.0222. The number of carboxylic acids is 1. The Morgan fingerprint density at radius 2 is 1.78 bits per heavy atom. The van der Waals surface area contributed by atoms with Gasteiger partial charge in [0.25, 0.3) is 0 Å². The largest absolute Gasteiger partial charge is 0.478 e. The highest BCUT2D eigenvalue weighted by Crippen LogP contribution is 2.24. The summed E-state index contributed by atoms with van der Waals surface area (Å²) < 4.78 is 5.51. The van der Waals surface area contributed by atoms with Gasteiger partial charge in [0.15, 0.2) is 0 Å². The number of nitrogens with zero attached hydrogens (tertiary/aromatic N) is 8. The Balaban J connectivity index is 1.47.